The van der Waals surface area contributed by atoms with E-state index in [9.17, 15) is 24.4 Å². The van der Waals surface area contributed by atoms with Crippen molar-refractivity contribution in [3.63, 3.8) is 0 Å². The van der Waals surface area contributed by atoms with Crippen molar-refractivity contribution in [1.82, 2.24) is 4.98 Å². The zero-order chi connectivity index (χ0) is 29.8. The molecule has 0 saturated carbocycles. The summed E-state index contributed by atoms with van der Waals surface area (Å²) in [5.41, 5.74) is 5.47. The maximum absolute atomic E-state index is 13.5. The first-order valence-electron chi connectivity index (χ1n) is 13.1. The van der Waals surface area contributed by atoms with E-state index in [0.29, 0.717) is 48.0 Å². The van der Waals surface area contributed by atoms with Crippen molar-refractivity contribution in [1.29, 1.82) is 5.26 Å². The van der Waals surface area contributed by atoms with Crippen molar-refractivity contribution in [2.75, 3.05) is 41.7 Å². The standard InChI is InChI=1S/C31H26N6O5/c1-17-20(16-32)30(33-14-7-15-42-2)35-31(34-18-8-4-3-5-9-18)27(17)37-36-21-11-6-10-19-24(21)29(41)26-23(39)13-12-22(38)25(26)28(19)40/h3-6,8-13,36-37H,7,14-15H2,1-2H3,(H2,33,34,35). The lowest BCUT2D eigenvalue weighted by atomic mass is 10.0. The van der Waals surface area contributed by atoms with Gasteiger partial charge in [-0.3, -0.25) is 30.0 Å². The molecule has 0 fully saturated rings. The Morgan fingerprint density at radius 2 is 1.57 bits per heavy atom. The summed E-state index contributed by atoms with van der Waals surface area (Å²) in [5, 5.41) is 15.6. The third-order valence-electron chi connectivity index (χ3n) is 6.85. The Labute approximate surface area is 238 Å². The van der Waals surface area contributed by atoms with Crippen molar-refractivity contribution in [2.24, 2.45) is 0 Å². The van der Waals surface area contributed by atoms with Crippen LogP contribution < -0.4 is 43.2 Å². The Morgan fingerprint density at radius 3 is 2.26 bits per heavy atom. The molecule has 1 aromatic heterocycles. The summed E-state index contributed by atoms with van der Waals surface area (Å²) in [6, 6.07) is 18.1. The van der Waals surface area contributed by atoms with Crippen LogP contribution in [0.3, 0.4) is 0 Å². The Balaban J connectivity index is 1.62. The zero-order valence-corrected chi connectivity index (χ0v) is 22.8. The minimum atomic E-state index is -0.724. The van der Waals surface area contributed by atoms with Crippen LogP contribution in [0.15, 0.2) is 79.8 Å². The summed E-state index contributed by atoms with van der Waals surface area (Å²) in [6.45, 7) is 2.83. The Morgan fingerprint density at radius 1 is 0.857 bits per heavy atom. The molecule has 4 N–H and O–H groups in total. The van der Waals surface area contributed by atoms with Crippen LogP contribution in [-0.4, -0.2) is 25.2 Å². The molecule has 2 aromatic carbocycles. The van der Waals surface area contributed by atoms with Gasteiger partial charge < -0.3 is 15.4 Å². The number of rotatable bonds is 10. The number of nitrogens with zero attached hydrogens (tertiary/aromatic N) is 2. The van der Waals surface area contributed by atoms with E-state index in [1.807, 2.05) is 30.3 Å². The molecule has 0 atom stereocenters. The fourth-order valence-corrected chi connectivity index (χ4v) is 4.79. The van der Waals surface area contributed by atoms with Gasteiger partial charge in [-0.2, -0.15) is 5.26 Å². The quantitative estimate of drug-likeness (QED) is 0.146. The summed E-state index contributed by atoms with van der Waals surface area (Å²) < 4.78 is 5.11. The summed E-state index contributed by atoms with van der Waals surface area (Å²) in [5.74, 6) is 0.774. The summed E-state index contributed by atoms with van der Waals surface area (Å²) in [4.78, 5) is 56.3. The predicted octanol–water partition coefficient (Wildman–Crippen LogP) is 3.09. The van der Waals surface area contributed by atoms with E-state index in [4.69, 9.17) is 4.74 Å². The molecule has 0 saturated heterocycles. The lowest BCUT2D eigenvalue weighted by Crippen LogP contribution is -2.28. The third kappa shape index (κ3) is 5.14. The van der Waals surface area contributed by atoms with Crippen molar-refractivity contribution in [3.05, 3.63) is 123 Å². The highest BCUT2D eigenvalue weighted by atomic mass is 16.5. The monoisotopic (exact) mass is 562 g/mol. The Hall–Kier alpha value is -5.60. The molecule has 210 valence electrons. The van der Waals surface area contributed by atoms with Gasteiger partial charge in [-0.05, 0) is 49.2 Å². The number of methoxy groups -OCH3 is 1. The highest BCUT2D eigenvalue weighted by Crippen LogP contribution is 2.33. The van der Waals surface area contributed by atoms with Gasteiger partial charge in [-0.15, -0.1) is 0 Å². The lowest BCUT2D eigenvalue weighted by Gasteiger charge is -2.20. The largest absolute Gasteiger partial charge is 0.385 e. The SMILES string of the molecule is COCCCNc1nc(Nc2ccccc2)c(NNc2cccc3c(=O)c4c(=O)ccc(=O)c=4c(=O)c23)c(C)c1C#N. The molecule has 0 unspecified atom stereocenters. The maximum Gasteiger partial charge on any atom is 0.200 e. The zero-order valence-electron chi connectivity index (χ0n) is 22.8. The minimum absolute atomic E-state index is 0.00722. The summed E-state index contributed by atoms with van der Waals surface area (Å²) in [6.07, 6.45) is 0.707. The second kappa shape index (κ2) is 11.9. The average molecular weight is 563 g/mol. The first-order chi connectivity index (χ1) is 20.3. The van der Waals surface area contributed by atoms with E-state index in [0.717, 1.165) is 17.8 Å². The first-order valence-corrected chi connectivity index (χ1v) is 13.1. The summed E-state index contributed by atoms with van der Waals surface area (Å²) in [7, 11) is 1.62. The molecule has 0 radical (unpaired) electrons. The van der Waals surface area contributed by atoms with Gasteiger partial charge in [-0.25, -0.2) is 4.98 Å². The van der Waals surface area contributed by atoms with Crippen LogP contribution in [0, 0.1) is 28.7 Å². The minimum Gasteiger partial charge on any atom is -0.385 e. The number of anilines is 5. The van der Waals surface area contributed by atoms with Crippen LogP contribution in [0.25, 0.3) is 10.8 Å². The fourth-order valence-electron chi connectivity index (χ4n) is 4.79. The van der Waals surface area contributed by atoms with Crippen LogP contribution in [0.5, 0.6) is 0 Å². The van der Waals surface area contributed by atoms with Gasteiger partial charge >= 0.3 is 0 Å². The van der Waals surface area contributed by atoms with Gasteiger partial charge in [0.05, 0.1) is 27.1 Å². The number of aromatic nitrogens is 1. The maximum atomic E-state index is 13.5. The average Bonchev–Trinajstić information content (AvgIpc) is 2.99. The Bertz CT molecular complexity index is 2120. The van der Waals surface area contributed by atoms with Gasteiger partial charge in [-0.1, -0.05) is 30.3 Å². The van der Waals surface area contributed by atoms with E-state index >= 15 is 0 Å². The molecule has 3 aromatic rings. The number of nitrogens with one attached hydrogen (secondary N) is 4. The first kappa shape index (κ1) is 27.9. The van der Waals surface area contributed by atoms with Crippen LogP contribution >= 0.6 is 0 Å². The highest BCUT2D eigenvalue weighted by molar-refractivity contribution is 5.94. The van der Waals surface area contributed by atoms with Crippen LogP contribution in [0.4, 0.5) is 28.7 Å². The number of pyridine rings is 1. The molecule has 5 rings (SSSR count). The molecule has 42 heavy (non-hydrogen) atoms. The molecule has 2 aliphatic rings. The van der Waals surface area contributed by atoms with Crippen LogP contribution in [0.1, 0.15) is 17.5 Å². The number of para-hydroxylation sites is 1. The number of hydrazine groups is 1. The number of ether oxygens (including phenoxy) is 1. The molecule has 11 nitrogen and oxygen atoms in total. The fraction of sp³-hybridized carbons (Fsp3) is 0.161. The normalized spacial score (nSPS) is 10.9. The lowest BCUT2D eigenvalue weighted by molar-refractivity contribution is 0.198. The number of nitriles is 1. The van der Waals surface area contributed by atoms with E-state index < -0.39 is 32.2 Å². The smallest absolute Gasteiger partial charge is 0.200 e. The topological polar surface area (TPSA) is 162 Å². The molecule has 0 amide bonds. The van der Waals surface area contributed by atoms with Crippen molar-refractivity contribution >= 4 is 39.5 Å². The molecular formula is C31H26N6O5. The van der Waals surface area contributed by atoms with Gasteiger partial charge in [0.15, 0.2) is 22.1 Å². The van der Waals surface area contributed by atoms with Crippen LogP contribution in [0.2, 0.25) is 0 Å². The molecule has 11 heteroatoms. The van der Waals surface area contributed by atoms with E-state index in [-0.39, 0.29) is 16.5 Å². The number of hydrogen-bond acceptors (Lipinski definition) is 11. The van der Waals surface area contributed by atoms with E-state index in [2.05, 4.69) is 32.5 Å². The van der Waals surface area contributed by atoms with E-state index in [1.165, 1.54) is 6.07 Å². The van der Waals surface area contributed by atoms with Crippen LogP contribution in [-0.2, 0) is 4.74 Å². The van der Waals surface area contributed by atoms with Crippen molar-refractivity contribution < 1.29 is 4.74 Å². The number of hydrogen-bond donors (Lipinski definition) is 4. The Kier molecular flexibility index (Phi) is 7.90. The molecule has 0 bridgehead atoms. The number of benzene rings is 2. The predicted molar refractivity (Wildman–Crippen MR) is 162 cm³/mol. The molecule has 0 spiro atoms. The second-order valence-corrected chi connectivity index (χ2v) is 9.51. The molecule has 2 aliphatic carbocycles. The highest BCUT2D eigenvalue weighted by Gasteiger charge is 2.19. The van der Waals surface area contributed by atoms with Gasteiger partial charge in [0.1, 0.15) is 17.6 Å². The third-order valence-corrected chi connectivity index (χ3v) is 6.85. The number of fused-ring (bicyclic) bond motifs is 1. The van der Waals surface area contributed by atoms with Crippen molar-refractivity contribution in [3.8, 4) is 6.07 Å². The molecule has 1 heterocycles. The van der Waals surface area contributed by atoms with Gasteiger partial charge in [0.2, 0.25) is 5.43 Å². The van der Waals surface area contributed by atoms with E-state index in [1.54, 1.807) is 26.2 Å². The van der Waals surface area contributed by atoms with Gasteiger partial charge in [0.25, 0.3) is 0 Å². The second-order valence-electron chi connectivity index (χ2n) is 9.51. The molecular weight excluding hydrogens is 536 g/mol. The summed E-state index contributed by atoms with van der Waals surface area (Å²) >= 11 is 0. The van der Waals surface area contributed by atoms with Gasteiger partial charge in [0, 0.05) is 31.3 Å². The molecule has 0 aliphatic heterocycles. The van der Waals surface area contributed by atoms with Crippen molar-refractivity contribution in [2.45, 2.75) is 13.3 Å².